The van der Waals surface area contributed by atoms with Crippen LogP contribution in [-0.4, -0.2) is 9.97 Å². The molecule has 0 saturated carbocycles. The molecule has 0 spiro atoms. The van der Waals surface area contributed by atoms with Crippen LogP contribution >= 0.6 is 34.4 Å². The maximum Gasteiger partial charge on any atom is 0.104 e. The zero-order valence-corrected chi connectivity index (χ0v) is 15.0. The molecule has 0 N–H and O–H groups in total. The molecule has 0 amide bonds. The van der Waals surface area contributed by atoms with Crippen molar-refractivity contribution >= 4 is 65.6 Å². The molecule has 0 radical (unpaired) electrons. The van der Waals surface area contributed by atoms with Crippen LogP contribution in [0.25, 0.3) is 31.2 Å². The lowest BCUT2D eigenvalue weighted by Crippen LogP contribution is -1.79. The van der Waals surface area contributed by atoms with E-state index in [4.69, 9.17) is 4.98 Å². The number of hydrogen-bond donors (Lipinski definition) is 0. The van der Waals surface area contributed by atoms with Crippen LogP contribution in [0.15, 0.2) is 65.0 Å². The highest BCUT2D eigenvalue weighted by molar-refractivity contribution is 7.98. The SMILES string of the molecule is c1ccc2cc(SCc3nc4ccc5scnc5c4s3)ccc2c1. The van der Waals surface area contributed by atoms with Gasteiger partial charge in [0.2, 0.25) is 0 Å². The summed E-state index contributed by atoms with van der Waals surface area (Å²) < 4.78 is 2.45. The summed E-state index contributed by atoms with van der Waals surface area (Å²) in [7, 11) is 0. The Hall–Kier alpha value is -1.95. The molecule has 5 aromatic rings. The second-order valence-corrected chi connectivity index (χ2v) is 8.54. The average molecular weight is 365 g/mol. The highest BCUT2D eigenvalue weighted by Crippen LogP contribution is 2.34. The van der Waals surface area contributed by atoms with Crippen molar-refractivity contribution in [2.75, 3.05) is 0 Å². The van der Waals surface area contributed by atoms with Gasteiger partial charge in [0.15, 0.2) is 0 Å². The van der Waals surface area contributed by atoms with Crippen LogP contribution in [0.3, 0.4) is 0 Å². The van der Waals surface area contributed by atoms with Gasteiger partial charge >= 0.3 is 0 Å². The Morgan fingerprint density at radius 1 is 0.958 bits per heavy atom. The van der Waals surface area contributed by atoms with Crippen molar-refractivity contribution in [1.29, 1.82) is 0 Å². The van der Waals surface area contributed by atoms with Crippen molar-refractivity contribution < 1.29 is 0 Å². The van der Waals surface area contributed by atoms with E-state index in [2.05, 4.69) is 59.6 Å². The van der Waals surface area contributed by atoms with Crippen LogP contribution in [0, 0.1) is 0 Å². The van der Waals surface area contributed by atoms with Crippen LogP contribution in [-0.2, 0) is 5.75 Å². The summed E-state index contributed by atoms with van der Waals surface area (Å²) in [6.07, 6.45) is 0. The van der Waals surface area contributed by atoms with Crippen molar-refractivity contribution in [3.05, 3.63) is 65.1 Å². The molecular weight excluding hydrogens is 352 g/mol. The molecule has 2 nitrogen and oxygen atoms in total. The molecule has 0 aliphatic carbocycles. The summed E-state index contributed by atoms with van der Waals surface area (Å²) in [6.45, 7) is 0. The van der Waals surface area contributed by atoms with Crippen molar-refractivity contribution in [2.45, 2.75) is 10.6 Å². The zero-order chi connectivity index (χ0) is 15.9. The van der Waals surface area contributed by atoms with E-state index in [0.717, 1.165) is 21.8 Å². The van der Waals surface area contributed by atoms with Crippen LogP contribution in [0.1, 0.15) is 5.01 Å². The van der Waals surface area contributed by atoms with Gasteiger partial charge in [-0.25, -0.2) is 9.97 Å². The van der Waals surface area contributed by atoms with E-state index in [1.165, 1.54) is 25.1 Å². The van der Waals surface area contributed by atoms with Gasteiger partial charge in [-0.2, -0.15) is 0 Å². The molecule has 5 rings (SSSR count). The maximum absolute atomic E-state index is 4.78. The molecule has 0 fully saturated rings. The molecule has 2 heterocycles. The van der Waals surface area contributed by atoms with Crippen LogP contribution in [0.4, 0.5) is 0 Å². The molecular formula is C19H12N2S3. The third-order valence-corrected chi connectivity index (χ3v) is 7.04. The minimum atomic E-state index is 0.892. The number of fused-ring (bicyclic) bond motifs is 4. The van der Waals surface area contributed by atoms with Crippen LogP contribution in [0.2, 0.25) is 0 Å². The summed E-state index contributed by atoms with van der Waals surface area (Å²) in [5.41, 5.74) is 4.07. The molecule has 0 aliphatic rings. The van der Waals surface area contributed by atoms with Crippen molar-refractivity contribution in [1.82, 2.24) is 9.97 Å². The minimum absolute atomic E-state index is 0.892. The van der Waals surface area contributed by atoms with Crippen molar-refractivity contribution in [2.24, 2.45) is 0 Å². The van der Waals surface area contributed by atoms with E-state index >= 15 is 0 Å². The normalized spacial score (nSPS) is 11.7. The van der Waals surface area contributed by atoms with E-state index in [1.807, 2.05) is 17.3 Å². The lowest BCUT2D eigenvalue weighted by atomic mass is 10.1. The number of aromatic nitrogens is 2. The molecule has 2 aromatic heterocycles. The minimum Gasteiger partial charge on any atom is -0.243 e. The van der Waals surface area contributed by atoms with Gasteiger partial charge in [0, 0.05) is 4.90 Å². The van der Waals surface area contributed by atoms with Gasteiger partial charge < -0.3 is 0 Å². The number of benzene rings is 3. The summed E-state index contributed by atoms with van der Waals surface area (Å²) in [5, 5.41) is 3.73. The first-order chi connectivity index (χ1) is 11.9. The molecule has 116 valence electrons. The first kappa shape index (κ1) is 14.4. The fourth-order valence-electron chi connectivity index (χ4n) is 2.82. The molecule has 5 heteroatoms. The lowest BCUT2D eigenvalue weighted by molar-refractivity contribution is 1.30. The van der Waals surface area contributed by atoms with E-state index in [0.29, 0.717) is 0 Å². The van der Waals surface area contributed by atoms with Gasteiger partial charge in [-0.15, -0.1) is 34.4 Å². The Balaban J connectivity index is 1.45. The predicted octanol–water partition coefficient (Wildman–Crippen LogP) is 6.35. The fourth-order valence-corrected chi connectivity index (χ4v) is 5.57. The number of rotatable bonds is 3. The van der Waals surface area contributed by atoms with Crippen LogP contribution in [0.5, 0.6) is 0 Å². The van der Waals surface area contributed by atoms with Gasteiger partial charge in [0.05, 0.1) is 26.2 Å². The number of thiazole rings is 2. The Morgan fingerprint density at radius 2 is 1.88 bits per heavy atom. The molecule has 0 atom stereocenters. The average Bonchev–Trinajstić information content (AvgIpc) is 3.25. The Morgan fingerprint density at radius 3 is 2.83 bits per heavy atom. The molecule has 0 bridgehead atoms. The monoisotopic (exact) mass is 364 g/mol. The standard InChI is InChI=1S/C19H12N2S3/c1-2-4-13-9-14(6-5-12(13)3-1)22-10-17-21-15-7-8-16-18(19(15)24-17)20-11-23-16/h1-9,11H,10H2. The number of thioether (sulfide) groups is 1. The summed E-state index contributed by atoms with van der Waals surface area (Å²) in [4.78, 5) is 10.6. The first-order valence-corrected chi connectivity index (χ1v) is 10.3. The highest BCUT2D eigenvalue weighted by atomic mass is 32.2. The fraction of sp³-hybridized carbons (Fsp3) is 0.0526. The predicted molar refractivity (Wildman–Crippen MR) is 106 cm³/mol. The second-order valence-electron chi connectivity index (χ2n) is 5.52. The van der Waals surface area contributed by atoms with E-state index in [9.17, 15) is 0 Å². The van der Waals surface area contributed by atoms with Gasteiger partial charge in [-0.1, -0.05) is 30.3 Å². The topological polar surface area (TPSA) is 25.8 Å². The third-order valence-electron chi connectivity index (χ3n) is 3.98. The quantitative estimate of drug-likeness (QED) is 0.349. The Kier molecular flexibility index (Phi) is 3.51. The van der Waals surface area contributed by atoms with E-state index in [-0.39, 0.29) is 0 Å². The molecule has 0 aliphatic heterocycles. The highest BCUT2D eigenvalue weighted by Gasteiger charge is 2.10. The van der Waals surface area contributed by atoms with Gasteiger partial charge in [-0.05, 0) is 35.0 Å². The molecule has 24 heavy (non-hydrogen) atoms. The van der Waals surface area contributed by atoms with E-state index < -0.39 is 0 Å². The number of hydrogen-bond acceptors (Lipinski definition) is 5. The lowest BCUT2D eigenvalue weighted by Gasteiger charge is -2.02. The number of nitrogens with zero attached hydrogens (tertiary/aromatic N) is 2. The van der Waals surface area contributed by atoms with E-state index in [1.54, 1.807) is 22.7 Å². The molecule has 3 aromatic carbocycles. The largest absolute Gasteiger partial charge is 0.243 e. The molecule has 0 saturated heterocycles. The summed E-state index contributed by atoms with van der Waals surface area (Å²) in [5.74, 6) is 0.892. The van der Waals surface area contributed by atoms with Gasteiger partial charge in [0.25, 0.3) is 0 Å². The third kappa shape index (κ3) is 2.49. The van der Waals surface area contributed by atoms with Crippen molar-refractivity contribution in [3.8, 4) is 0 Å². The maximum atomic E-state index is 4.78. The second kappa shape index (κ2) is 5.84. The summed E-state index contributed by atoms with van der Waals surface area (Å²) in [6, 6.07) is 19.3. The van der Waals surface area contributed by atoms with Gasteiger partial charge in [0.1, 0.15) is 10.5 Å². The first-order valence-electron chi connectivity index (χ1n) is 7.60. The molecule has 0 unspecified atom stereocenters. The van der Waals surface area contributed by atoms with Crippen molar-refractivity contribution in [3.63, 3.8) is 0 Å². The van der Waals surface area contributed by atoms with Crippen LogP contribution < -0.4 is 0 Å². The Bertz CT molecular complexity index is 1170. The zero-order valence-electron chi connectivity index (χ0n) is 12.6. The van der Waals surface area contributed by atoms with Gasteiger partial charge in [-0.3, -0.25) is 0 Å². The summed E-state index contributed by atoms with van der Waals surface area (Å²) >= 11 is 5.29. The smallest absolute Gasteiger partial charge is 0.104 e. The Labute approximate surface area is 151 Å².